The second-order valence-electron chi connectivity index (χ2n) is 5.69. The highest BCUT2D eigenvalue weighted by Gasteiger charge is 1.99. The molecule has 0 spiro atoms. The number of aliphatic hydroxyl groups is 2. The van der Waals surface area contributed by atoms with Crippen LogP contribution in [0, 0.1) is 0 Å². The fourth-order valence-electron chi connectivity index (χ4n) is 1.96. The number of aliphatic hydroxyl groups excluding tert-OH is 2. The zero-order valence-corrected chi connectivity index (χ0v) is 14.7. The maximum atomic E-state index is 11.4. The Kier molecular flexibility index (Phi) is 15.5. The van der Waals surface area contributed by atoms with Crippen LogP contribution in [-0.2, 0) is 9.59 Å². The van der Waals surface area contributed by atoms with Crippen LogP contribution in [0.3, 0.4) is 0 Å². The van der Waals surface area contributed by atoms with Crippen LogP contribution in [0.2, 0.25) is 0 Å². The van der Waals surface area contributed by atoms with Crippen LogP contribution in [0.5, 0.6) is 0 Å². The van der Waals surface area contributed by atoms with Crippen LogP contribution in [-0.4, -0.2) is 39.8 Å². The van der Waals surface area contributed by atoms with Crippen molar-refractivity contribution >= 4 is 11.8 Å². The van der Waals surface area contributed by atoms with Gasteiger partial charge in [-0.3, -0.25) is 9.59 Å². The Morgan fingerprint density at radius 1 is 0.880 bits per heavy atom. The van der Waals surface area contributed by atoms with E-state index in [0.717, 1.165) is 25.7 Å². The summed E-state index contributed by atoms with van der Waals surface area (Å²) in [6.45, 7) is 0.245. The van der Waals surface area contributed by atoms with E-state index in [1.54, 1.807) is 30.4 Å². The van der Waals surface area contributed by atoms with Crippen molar-refractivity contribution in [2.75, 3.05) is 6.61 Å². The average molecular weight is 350 g/mol. The number of unbranched alkanes of at least 4 members (excludes halogenated alkanes) is 3. The smallest absolute Gasteiger partial charge is 0.303 e. The molecular weight excluding hydrogens is 320 g/mol. The molecule has 0 unspecified atom stereocenters. The molecule has 0 saturated heterocycles. The topological polar surface area (TPSA) is 94.8 Å². The molecule has 5 nitrogen and oxygen atoms in total. The van der Waals surface area contributed by atoms with Gasteiger partial charge >= 0.3 is 5.97 Å². The lowest BCUT2D eigenvalue weighted by molar-refractivity contribution is -0.137. The number of carbonyl (C=O) groups excluding carboxylic acids is 1. The number of aliphatic carboxylic acids is 1. The highest BCUT2D eigenvalue weighted by molar-refractivity contribution is 5.90. The van der Waals surface area contributed by atoms with Crippen LogP contribution in [0.15, 0.2) is 48.6 Å². The van der Waals surface area contributed by atoms with Gasteiger partial charge in [-0.25, -0.2) is 0 Å². The molecule has 5 heteroatoms. The van der Waals surface area contributed by atoms with Crippen molar-refractivity contribution in [2.45, 2.75) is 57.5 Å². The molecule has 0 amide bonds. The normalized spacial score (nSPS) is 13.5. The standard InChI is InChI=1S/C20H30O5/c21-17-10-6-2-1-3-7-12-18(22)13-8-4-5-9-14-19(23)15-11-16-20(24)25/h3-5,7-9,13-14,18,21-22H,1-2,6,10-12,15-17H2,(H,24,25)/b5-4+,7-3-,13-8+,14-9-/t18-/m1/s1. The SMILES string of the molecule is O=C(O)CCCC(=O)\C=C/C=C/C=C/[C@H](O)C/C=C\CCCCCO. The molecule has 0 radical (unpaired) electrons. The van der Waals surface area contributed by atoms with Crippen molar-refractivity contribution < 1.29 is 24.9 Å². The van der Waals surface area contributed by atoms with Gasteiger partial charge < -0.3 is 15.3 Å². The van der Waals surface area contributed by atoms with Gasteiger partial charge in [-0.05, 0) is 38.2 Å². The summed E-state index contributed by atoms with van der Waals surface area (Å²) in [4.78, 5) is 21.7. The molecule has 3 N–H and O–H groups in total. The maximum Gasteiger partial charge on any atom is 0.303 e. The summed E-state index contributed by atoms with van der Waals surface area (Å²) < 4.78 is 0. The third-order valence-corrected chi connectivity index (χ3v) is 3.34. The average Bonchev–Trinajstić information content (AvgIpc) is 2.56. The van der Waals surface area contributed by atoms with Crippen molar-refractivity contribution in [2.24, 2.45) is 0 Å². The van der Waals surface area contributed by atoms with E-state index >= 15 is 0 Å². The van der Waals surface area contributed by atoms with Gasteiger partial charge in [0.25, 0.3) is 0 Å². The third-order valence-electron chi connectivity index (χ3n) is 3.34. The molecule has 0 rings (SSSR count). The quantitative estimate of drug-likeness (QED) is 0.182. The summed E-state index contributed by atoms with van der Waals surface area (Å²) in [5, 5.41) is 26.9. The summed E-state index contributed by atoms with van der Waals surface area (Å²) in [6.07, 6.45) is 18.3. The zero-order valence-electron chi connectivity index (χ0n) is 14.7. The molecule has 0 aromatic heterocycles. The zero-order chi connectivity index (χ0) is 18.8. The molecule has 0 heterocycles. The molecule has 0 fully saturated rings. The minimum absolute atomic E-state index is 0.00710. The molecule has 0 aromatic rings. The first-order valence-electron chi connectivity index (χ1n) is 8.76. The first kappa shape index (κ1) is 23.0. The molecule has 25 heavy (non-hydrogen) atoms. The number of carboxylic acid groups (broad SMARTS) is 1. The maximum absolute atomic E-state index is 11.4. The summed E-state index contributed by atoms with van der Waals surface area (Å²) in [5.41, 5.74) is 0. The van der Waals surface area contributed by atoms with Crippen molar-refractivity contribution in [1.29, 1.82) is 0 Å². The molecule has 0 aliphatic heterocycles. The summed E-state index contributed by atoms with van der Waals surface area (Å²) >= 11 is 0. The van der Waals surface area contributed by atoms with Gasteiger partial charge in [0.05, 0.1) is 6.10 Å². The molecule has 1 atom stereocenters. The number of hydrogen-bond donors (Lipinski definition) is 3. The lowest BCUT2D eigenvalue weighted by Gasteiger charge is -1.99. The second-order valence-corrected chi connectivity index (χ2v) is 5.69. The Balaban J connectivity index is 3.80. The van der Waals surface area contributed by atoms with Gasteiger partial charge in [0.1, 0.15) is 0 Å². The van der Waals surface area contributed by atoms with E-state index in [-0.39, 0.29) is 25.2 Å². The molecule has 0 saturated carbocycles. The monoisotopic (exact) mass is 350 g/mol. The number of carboxylic acids is 1. The molecule has 0 bridgehead atoms. The van der Waals surface area contributed by atoms with Crippen molar-refractivity contribution in [3.05, 3.63) is 48.6 Å². The van der Waals surface area contributed by atoms with E-state index in [9.17, 15) is 14.7 Å². The minimum Gasteiger partial charge on any atom is -0.481 e. The van der Waals surface area contributed by atoms with Gasteiger partial charge in [0.2, 0.25) is 0 Å². The van der Waals surface area contributed by atoms with E-state index in [0.29, 0.717) is 12.8 Å². The Bertz CT molecular complexity index is 474. The van der Waals surface area contributed by atoms with Crippen molar-refractivity contribution in [1.82, 2.24) is 0 Å². The van der Waals surface area contributed by atoms with E-state index in [2.05, 4.69) is 0 Å². The van der Waals surface area contributed by atoms with Gasteiger partial charge in [0.15, 0.2) is 5.78 Å². The van der Waals surface area contributed by atoms with Crippen LogP contribution in [0.25, 0.3) is 0 Å². The van der Waals surface area contributed by atoms with Crippen molar-refractivity contribution in [3.63, 3.8) is 0 Å². The first-order chi connectivity index (χ1) is 12.1. The molecular formula is C20H30O5. The number of allylic oxidation sites excluding steroid dienone is 6. The number of carbonyl (C=O) groups is 2. The number of hydrogen-bond acceptors (Lipinski definition) is 4. The van der Waals surface area contributed by atoms with E-state index in [1.165, 1.54) is 6.08 Å². The Hall–Kier alpha value is -1.98. The van der Waals surface area contributed by atoms with Crippen LogP contribution in [0.1, 0.15) is 51.4 Å². The Morgan fingerprint density at radius 3 is 2.36 bits per heavy atom. The first-order valence-corrected chi connectivity index (χ1v) is 8.76. The highest BCUT2D eigenvalue weighted by Crippen LogP contribution is 2.02. The van der Waals surface area contributed by atoms with Crippen LogP contribution in [0.4, 0.5) is 0 Å². The van der Waals surface area contributed by atoms with E-state index in [1.807, 2.05) is 12.2 Å². The van der Waals surface area contributed by atoms with Crippen molar-refractivity contribution in [3.8, 4) is 0 Å². The predicted octanol–water partition coefficient (Wildman–Crippen LogP) is 3.34. The fourth-order valence-corrected chi connectivity index (χ4v) is 1.96. The fraction of sp³-hybridized carbons (Fsp3) is 0.500. The second kappa shape index (κ2) is 16.9. The van der Waals surface area contributed by atoms with E-state index < -0.39 is 12.1 Å². The summed E-state index contributed by atoms with van der Waals surface area (Å²) in [6, 6.07) is 0. The van der Waals surface area contributed by atoms with Crippen LogP contribution >= 0.6 is 0 Å². The molecule has 0 aliphatic carbocycles. The Labute approximate surface area is 150 Å². The van der Waals surface area contributed by atoms with E-state index in [4.69, 9.17) is 10.2 Å². The molecule has 140 valence electrons. The highest BCUT2D eigenvalue weighted by atomic mass is 16.4. The number of rotatable bonds is 15. The van der Waals surface area contributed by atoms with Gasteiger partial charge in [-0.1, -0.05) is 49.0 Å². The lowest BCUT2D eigenvalue weighted by Crippen LogP contribution is -1.98. The molecule has 0 aromatic carbocycles. The largest absolute Gasteiger partial charge is 0.481 e. The number of ketones is 1. The van der Waals surface area contributed by atoms with Crippen LogP contribution < -0.4 is 0 Å². The Morgan fingerprint density at radius 2 is 1.64 bits per heavy atom. The van der Waals surface area contributed by atoms with Gasteiger partial charge in [-0.15, -0.1) is 0 Å². The van der Waals surface area contributed by atoms with Gasteiger partial charge in [0, 0.05) is 19.4 Å². The molecule has 0 aliphatic rings. The third kappa shape index (κ3) is 18.2. The predicted molar refractivity (Wildman–Crippen MR) is 99.2 cm³/mol. The summed E-state index contributed by atoms with van der Waals surface area (Å²) in [7, 11) is 0. The minimum atomic E-state index is -0.892. The van der Waals surface area contributed by atoms with Gasteiger partial charge in [-0.2, -0.15) is 0 Å². The lowest BCUT2D eigenvalue weighted by atomic mass is 10.1. The summed E-state index contributed by atoms with van der Waals surface area (Å²) in [5.74, 6) is -0.990.